The number of nitrogens with one attached hydrogen (secondary N) is 2. The van der Waals surface area contributed by atoms with Crippen molar-refractivity contribution >= 4 is 16.9 Å². The maximum absolute atomic E-state index is 12.2. The molecule has 3 N–H and O–H groups in total. The lowest BCUT2D eigenvalue weighted by molar-refractivity contribution is -0.118. The first-order valence-corrected chi connectivity index (χ1v) is 9.50. The zero-order valence-electron chi connectivity index (χ0n) is 16.8. The largest absolute Gasteiger partial charge is 0.504 e. The van der Waals surface area contributed by atoms with Crippen LogP contribution in [0.5, 0.6) is 17.2 Å². The van der Waals surface area contributed by atoms with E-state index in [4.69, 9.17) is 9.47 Å². The highest BCUT2D eigenvalue weighted by Gasteiger charge is 2.15. The van der Waals surface area contributed by atoms with Crippen molar-refractivity contribution in [3.05, 3.63) is 46.8 Å². The minimum absolute atomic E-state index is 0.0608. The standard InChI is InChI=1S/C21H19N5O5/c1-3-30-16-8-12(13-5-7-15(28)17(9-13)31-10-11(2)27)4-6-14(16)19-22-20-18(21(29)23-19)24-26-25-20/h4-9,28H,3,10H2,1-2H3,(H2,22,23,24,25,26,29). The van der Waals surface area contributed by atoms with Crippen LogP contribution in [-0.4, -0.2) is 49.5 Å². The number of ether oxygens (including phenoxy) is 2. The normalized spacial score (nSPS) is 10.9. The molecule has 2 heterocycles. The van der Waals surface area contributed by atoms with E-state index in [1.165, 1.54) is 13.0 Å². The number of nitrogens with zero attached hydrogens (tertiary/aromatic N) is 3. The number of phenolic OH excluding ortho intramolecular Hbond substituents is 1. The molecule has 0 unspecified atom stereocenters. The molecule has 2 aromatic carbocycles. The first kappa shape index (κ1) is 20.1. The molecule has 2 aromatic heterocycles. The molecule has 4 aromatic rings. The zero-order chi connectivity index (χ0) is 22.0. The average Bonchev–Trinajstić information content (AvgIpc) is 3.22. The fraction of sp³-hybridized carbons (Fsp3) is 0.190. The fourth-order valence-electron chi connectivity index (χ4n) is 3.04. The Hall–Kier alpha value is -4.21. The molecule has 0 bridgehead atoms. The van der Waals surface area contributed by atoms with Crippen molar-refractivity contribution in [1.82, 2.24) is 25.4 Å². The van der Waals surface area contributed by atoms with Crippen LogP contribution < -0.4 is 15.0 Å². The number of benzene rings is 2. The Morgan fingerprint density at radius 3 is 2.55 bits per heavy atom. The number of rotatable bonds is 7. The number of carbonyl (C=O) groups excluding carboxylic acids is 1. The van der Waals surface area contributed by atoms with Crippen molar-refractivity contribution in [1.29, 1.82) is 0 Å². The van der Waals surface area contributed by atoms with Gasteiger partial charge in [-0.05, 0) is 49.2 Å². The lowest BCUT2D eigenvalue weighted by Gasteiger charge is -2.13. The summed E-state index contributed by atoms with van der Waals surface area (Å²) >= 11 is 0. The van der Waals surface area contributed by atoms with E-state index in [1.54, 1.807) is 24.3 Å². The van der Waals surface area contributed by atoms with E-state index in [2.05, 4.69) is 25.4 Å². The van der Waals surface area contributed by atoms with Crippen LogP contribution in [0.15, 0.2) is 41.2 Å². The molecule has 0 saturated carbocycles. The van der Waals surface area contributed by atoms with Gasteiger partial charge in [0.05, 0.1) is 12.2 Å². The maximum atomic E-state index is 12.2. The van der Waals surface area contributed by atoms with Crippen molar-refractivity contribution in [2.24, 2.45) is 0 Å². The number of carbonyl (C=O) groups is 1. The SMILES string of the molecule is CCOc1cc(-c2ccc(O)c(OCC(C)=O)c2)ccc1-c1nc2n[nH]nc2c(=O)[nH]1. The summed E-state index contributed by atoms with van der Waals surface area (Å²) in [5.74, 6) is 0.799. The van der Waals surface area contributed by atoms with Gasteiger partial charge in [0.2, 0.25) is 5.65 Å². The quantitative estimate of drug-likeness (QED) is 0.413. The summed E-state index contributed by atoms with van der Waals surface area (Å²) in [4.78, 5) is 30.5. The van der Waals surface area contributed by atoms with E-state index in [1.807, 2.05) is 13.0 Å². The Labute approximate surface area is 175 Å². The average molecular weight is 421 g/mol. The predicted octanol–water partition coefficient (Wildman–Crippen LogP) is 2.45. The topological polar surface area (TPSA) is 143 Å². The Bertz CT molecular complexity index is 1330. The lowest BCUT2D eigenvalue weighted by Crippen LogP contribution is -2.10. The van der Waals surface area contributed by atoms with Gasteiger partial charge in [-0.2, -0.15) is 5.21 Å². The Kier molecular flexibility index (Phi) is 5.35. The summed E-state index contributed by atoms with van der Waals surface area (Å²) in [6.07, 6.45) is 0. The number of hydrogen-bond acceptors (Lipinski definition) is 8. The minimum Gasteiger partial charge on any atom is -0.504 e. The van der Waals surface area contributed by atoms with Crippen LogP contribution in [0.1, 0.15) is 13.8 Å². The molecule has 0 aliphatic heterocycles. The summed E-state index contributed by atoms with van der Waals surface area (Å²) in [5, 5.41) is 20.1. The van der Waals surface area contributed by atoms with Crippen LogP contribution in [0.25, 0.3) is 33.7 Å². The summed E-state index contributed by atoms with van der Waals surface area (Å²) in [5.41, 5.74) is 2.03. The Morgan fingerprint density at radius 2 is 1.81 bits per heavy atom. The van der Waals surface area contributed by atoms with Crippen molar-refractivity contribution in [2.45, 2.75) is 13.8 Å². The Balaban J connectivity index is 1.76. The molecule has 4 rings (SSSR count). The van der Waals surface area contributed by atoms with Crippen LogP contribution in [0, 0.1) is 0 Å². The monoisotopic (exact) mass is 421 g/mol. The third-order valence-corrected chi connectivity index (χ3v) is 4.45. The van der Waals surface area contributed by atoms with Gasteiger partial charge in [-0.3, -0.25) is 9.59 Å². The van der Waals surface area contributed by atoms with Crippen LogP contribution in [0.3, 0.4) is 0 Å². The number of aromatic amines is 2. The smallest absolute Gasteiger partial charge is 0.281 e. The molecule has 158 valence electrons. The first-order chi connectivity index (χ1) is 15.0. The van der Waals surface area contributed by atoms with Crippen LogP contribution in [0.4, 0.5) is 0 Å². The van der Waals surface area contributed by atoms with Gasteiger partial charge in [0.15, 0.2) is 22.8 Å². The third-order valence-electron chi connectivity index (χ3n) is 4.45. The van der Waals surface area contributed by atoms with Crippen LogP contribution in [-0.2, 0) is 4.79 Å². The summed E-state index contributed by atoms with van der Waals surface area (Å²) in [6, 6.07) is 10.3. The molecule has 0 amide bonds. The van der Waals surface area contributed by atoms with E-state index in [9.17, 15) is 14.7 Å². The van der Waals surface area contributed by atoms with Gasteiger partial charge in [0.1, 0.15) is 18.2 Å². The second-order valence-electron chi connectivity index (χ2n) is 6.73. The molecule has 0 aliphatic carbocycles. The lowest BCUT2D eigenvalue weighted by atomic mass is 10.0. The van der Waals surface area contributed by atoms with Gasteiger partial charge in [-0.1, -0.05) is 12.1 Å². The van der Waals surface area contributed by atoms with E-state index < -0.39 is 5.56 Å². The predicted molar refractivity (Wildman–Crippen MR) is 112 cm³/mol. The van der Waals surface area contributed by atoms with Gasteiger partial charge >= 0.3 is 0 Å². The number of hydrogen-bond donors (Lipinski definition) is 3. The molecular formula is C21H19N5O5. The van der Waals surface area contributed by atoms with Crippen molar-refractivity contribution in [2.75, 3.05) is 13.2 Å². The van der Waals surface area contributed by atoms with E-state index in [0.717, 1.165) is 11.1 Å². The molecule has 10 heteroatoms. The highest BCUT2D eigenvalue weighted by Crippen LogP contribution is 2.36. The Morgan fingerprint density at radius 1 is 1.06 bits per heavy atom. The van der Waals surface area contributed by atoms with Crippen molar-refractivity contribution in [3.8, 4) is 39.8 Å². The third kappa shape index (κ3) is 4.08. The molecule has 10 nitrogen and oxygen atoms in total. The fourth-order valence-corrected chi connectivity index (χ4v) is 3.04. The van der Waals surface area contributed by atoms with Crippen LogP contribution >= 0.6 is 0 Å². The highest BCUT2D eigenvalue weighted by atomic mass is 16.5. The van der Waals surface area contributed by atoms with Crippen molar-refractivity contribution < 1.29 is 19.4 Å². The summed E-state index contributed by atoms with van der Waals surface area (Å²) in [6.45, 7) is 3.52. The van der Waals surface area contributed by atoms with Gasteiger partial charge < -0.3 is 19.6 Å². The second-order valence-corrected chi connectivity index (χ2v) is 6.73. The first-order valence-electron chi connectivity index (χ1n) is 9.50. The molecule has 0 fully saturated rings. The van der Waals surface area contributed by atoms with Gasteiger partial charge in [0.25, 0.3) is 5.56 Å². The number of Topliss-reactive ketones (excluding diaryl/α,β-unsaturated/α-hetero) is 1. The molecular weight excluding hydrogens is 402 g/mol. The van der Waals surface area contributed by atoms with Gasteiger partial charge in [-0.15, -0.1) is 10.2 Å². The highest BCUT2D eigenvalue weighted by molar-refractivity contribution is 5.78. The molecule has 0 spiro atoms. The summed E-state index contributed by atoms with van der Waals surface area (Å²) < 4.78 is 11.2. The number of fused-ring (bicyclic) bond motifs is 1. The summed E-state index contributed by atoms with van der Waals surface area (Å²) in [7, 11) is 0. The molecule has 0 saturated heterocycles. The minimum atomic E-state index is -0.411. The number of phenols is 1. The van der Waals surface area contributed by atoms with Gasteiger partial charge in [0, 0.05) is 0 Å². The molecule has 31 heavy (non-hydrogen) atoms. The number of H-pyrrole nitrogens is 2. The maximum Gasteiger partial charge on any atom is 0.281 e. The molecule has 0 aliphatic rings. The zero-order valence-corrected chi connectivity index (χ0v) is 16.8. The number of ketones is 1. The number of aromatic hydroxyl groups is 1. The van der Waals surface area contributed by atoms with E-state index >= 15 is 0 Å². The van der Waals surface area contributed by atoms with E-state index in [0.29, 0.717) is 23.7 Å². The molecule has 0 radical (unpaired) electrons. The second kappa shape index (κ2) is 8.27. The van der Waals surface area contributed by atoms with Crippen LogP contribution in [0.2, 0.25) is 0 Å². The van der Waals surface area contributed by atoms with E-state index in [-0.39, 0.29) is 35.1 Å². The molecule has 0 atom stereocenters. The number of aromatic nitrogens is 5. The van der Waals surface area contributed by atoms with Crippen molar-refractivity contribution in [3.63, 3.8) is 0 Å². The van der Waals surface area contributed by atoms with Gasteiger partial charge in [-0.25, -0.2) is 4.98 Å².